The molecule has 2 heterocycles. The molecule has 288 valence electrons. The summed E-state index contributed by atoms with van der Waals surface area (Å²) >= 11 is 8.17. The van der Waals surface area contributed by atoms with Crippen LogP contribution in [0.2, 0.25) is 5.02 Å². The maximum absolute atomic E-state index is 14.0. The van der Waals surface area contributed by atoms with Gasteiger partial charge in [0.2, 0.25) is 23.6 Å². The molecule has 1 saturated heterocycles. The molecule has 14 heteroatoms. The number of ether oxygens (including phenoxy) is 1. The van der Waals surface area contributed by atoms with Gasteiger partial charge in [-0.05, 0) is 67.7 Å². The lowest BCUT2D eigenvalue weighted by molar-refractivity contribution is -0.144. The van der Waals surface area contributed by atoms with Gasteiger partial charge in [0.05, 0.1) is 33.3 Å². The van der Waals surface area contributed by atoms with Gasteiger partial charge in [0, 0.05) is 31.8 Å². The van der Waals surface area contributed by atoms with Crippen LogP contribution in [0.1, 0.15) is 89.1 Å². The number of nitrogens with zero attached hydrogens (tertiary/aromatic N) is 2. The van der Waals surface area contributed by atoms with Gasteiger partial charge in [0.1, 0.15) is 24.4 Å². The summed E-state index contributed by atoms with van der Waals surface area (Å²) in [5.41, 5.74) is 16.1. The maximum Gasteiger partial charge on any atom is 0.246 e. The van der Waals surface area contributed by atoms with Crippen LogP contribution in [0.4, 0.5) is 0 Å². The molecule has 0 spiro atoms. The van der Waals surface area contributed by atoms with Gasteiger partial charge in [0.25, 0.3) is 0 Å². The topological polar surface area (TPSA) is 190 Å². The number of carbonyl (C=O) groups is 4. The van der Waals surface area contributed by atoms with E-state index >= 15 is 0 Å². The van der Waals surface area contributed by atoms with E-state index in [0.29, 0.717) is 36.5 Å². The van der Waals surface area contributed by atoms with E-state index < -0.39 is 35.4 Å². The summed E-state index contributed by atoms with van der Waals surface area (Å²) in [7, 11) is 0. The van der Waals surface area contributed by atoms with E-state index in [9.17, 15) is 24.3 Å². The molecule has 1 aliphatic heterocycles. The van der Waals surface area contributed by atoms with Crippen LogP contribution >= 0.6 is 22.9 Å². The molecule has 0 bridgehead atoms. The van der Waals surface area contributed by atoms with Gasteiger partial charge in [-0.2, -0.15) is 0 Å². The fraction of sp³-hybridized carbons (Fsp3) is 0.513. The third-order valence-electron chi connectivity index (χ3n) is 9.42. The van der Waals surface area contributed by atoms with Gasteiger partial charge < -0.3 is 36.8 Å². The van der Waals surface area contributed by atoms with E-state index in [-0.39, 0.29) is 56.3 Å². The summed E-state index contributed by atoms with van der Waals surface area (Å²) in [5, 5.41) is 17.0. The molecule has 0 aliphatic carbocycles. The van der Waals surface area contributed by atoms with Crippen molar-refractivity contribution in [3.05, 3.63) is 69.8 Å². The number of aromatic nitrogens is 1. The zero-order valence-corrected chi connectivity index (χ0v) is 32.8. The van der Waals surface area contributed by atoms with Crippen molar-refractivity contribution < 1.29 is 29.0 Å². The molecule has 0 saturated carbocycles. The van der Waals surface area contributed by atoms with Crippen molar-refractivity contribution in [2.24, 2.45) is 16.9 Å². The fourth-order valence-corrected chi connectivity index (χ4v) is 7.40. The first-order valence-corrected chi connectivity index (χ1v) is 19.3. The lowest BCUT2D eigenvalue weighted by atomic mass is 9.85. The molecule has 0 radical (unpaired) electrons. The van der Waals surface area contributed by atoms with Crippen LogP contribution in [-0.4, -0.2) is 76.0 Å². The summed E-state index contributed by atoms with van der Waals surface area (Å²) in [6.45, 7) is 9.62. The highest BCUT2D eigenvalue weighted by atomic mass is 35.5. The normalized spacial score (nSPS) is 17.5. The number of aliphatic hydroxyl groups is 1. The average Bonchev–Trinajstić information content (AvgIpc) is 3.72. The number of unbranched alkanes of at least 4 members (excludes halogenated alkanes) is 1. The minimum absolute atomic E-state index is 0.000499. The van der Waals surface area contributed by atoms with Crippen LogP contribution in [0.25, 0.3) is 10.4 Å². The predicted molar refractivity (Wildman–Crippen MR) is 207 cm³/mol. The number of carbonyl (C=O) groups excluding carboxylic acids is 4. The van der Waals surface area contributed by atoms with Gasteiger partial charge in [-0.15, -0.1) is 11.3 Å². The van der Waals surface area contributed by atoms with Crippen LogP contribution in [0.3, 0.4) is 0 Å². The lowest BCUT2D eigenvalue weighted by Gasteiger charge is -2.35. The number of aliphatic hydroxyl groups excluding tert-OH is 1. The first-order valence-electron chi connectivity index (χ1n) is 18.1. The van der Waals surface area contributed by atoms with Crippen LogP contribution in [0.5, 0.6) is 5.75 Å². The average molecular weight is 769 g/mol. The summed E-state index contributed by atoms with van der Waals surface area (Å²) in [6.07, 6.45) is 1.84. The van der Waals surface area contributed by atoms with Crippen LogP contribution in [0.15, 0.2) is 48.0 Å². The first-order chi connectivity index (χ1) is 25.0. The molecule has 3 unspecified atom stereocenters. The Bertz CT molecular complexity index is 1730. The highest BCUT2D eigenvalue weighted by molar-refractivity contribution is 7.13. The van der Waals surface area contributed by atoms with Gasteiger partial charge in [-0.1, -0.05) is 68.8 Å². The zero-order chi connectivity index (χ0) is 38.9. The van der Waals surface area contributed by atoms with E-state index in [4.69, 9.17) is 27.8 Å². The van der Waals surface area contributed by atoms with Gasteiger partial charge in [-0.3, -0.25) is 19.2 Å². The first kappa shape index (κ1) is 41.7. The third-order valence-corrected chi connectivity index (χ3v) is 10.8. The van der Waals surface area contributed by atoms with Gasteiger partial charge in [-0.25, -0.2) is 4.98 Å². The number of halogens is 1. The second-order valence-corrected chi connectivity index (χ2v) is 16.1. The molecule has 5 atom stereocenters. The monoisotopic (exact) mass is 768 g/mol. The third kappa shape index (κ3) is 11.7. The number of rotatable bonds is 17. The van der Waals surface area contributed by atoms with E-state index in [1.807, 2.05) is 76.5 Å². The molecule has 12 nitrogen and oxygen atoms in total. The predicted octanol–water partition coefficient (Wildman–Crippen LogP) is 4.83. The summed E-state index contributed by atoms with van der Waals surface area (Å²) in [5.74, 6) is -0.965. The number of nitrogens with one attached hydrogen (secondary N) is 2. The number of likely N-dealkylation sites (tertiary alicyclic amines) is 1. The number of nitrogens with two attached hydrogens (primary N) is 2. The standard InChI is InChI=1S/C39H53ClN6O6S/c1-23(25-13-15-27(16-14-25)35-24(2)43-22-53-35)44-37(50)30-19-29(47)20-46(30)38(51)36(39(3,4)5)45-33(49)12-7-6-9-26-10-8-11-31(34(26)40)52-21-28(41)17-18-32(42)48/h8,10-11,13-16,22-23,28-30,36,47H,6-7,9,12,17-21,41H2,1-5H3,(H2,42,48)(H,44,50)(H,45,49)/t23?,28?,29-,30+,36?/m1/s1. The zero-order valence-electron chi connectivity index (χ0n) is 31.2. The Morgan fingerprint density at radius 3 is 2.45 bits per heavy atom. The largest absolute Gasteiger partial charge is 0.490 e. The molecule has 4 amide bonds. The molecule has 1 fully saturated rings. The van der Waals surface area contributed by atoms with Crippen molar-refractivity contribution in [3.8, 4) is 16.2 Å². The van der Waals surface area contributed by atoms with E-state index in [1.54, 1.807) is 17.4 Å². The molecule has 53 heavy (non-hydrogen) atoms. The Labute approximate surface area is 321 Å². The van der Waals surface area contributed by atoms with E-state index in [1.165, 1.54) is 4.90 Å². The van der Waals surface area contributed by atoms with Gasteiger partial charge in [0.15, 0.2) is 0 Å². The number of amides is 4. The Kier molecular flexibility index (Phi) is 14.8. The number of thiazole rings is 1. The van der Waals surface area contributed by atoms with Gasteiger partial charge >= 0.3 is 0 Å². The number of hydrogen-bond acceptors (Lipinski definition) is 9. The highest BCUT2D eigenvalue weighted by Gasteiger charge is 2.44. The molecule has 3 aromatic rings. The van der Waals surface area contributed by atoms with E-state index in [0.717, 1.165) is 27.3 Å². The van der Waals surface area contributed by atoms with Crippen LogP contribution in [-0.2, 0) is 25.6 Å². The Hall–Kier alpha value is -4.04. The molecule has 1 aromatic heterocycles. The second-order valence-electron chi connectivity index (χ2n) is 14.9. The number of β-amino-alcohol motifs (C(OH)–C–C–N with tert-alkyl or cyclic N) is 1. The number of primary amides is 1. The molecule has 2 aromatic carbocycles. The number of aryl methyl sites for hydroxylation is 2. The van der Waals surface area contributed by atoms with Crippen molar-refractivity contribution in [2.75, 3.05) is 13.2 Å². The van der Waals surface area contributed by atoms with Crippen LogP contribution in [0, 0.1) is 12.3 Å². The SMILES string of the molecule is Cc1ncsc1-c1ccc(C(C)NC(=O)[C@@H]2C[C@@H](O)CN2C(=O)C(NC(=O)CCCCc2cccc(OCC(N)CCC(N)=O)c2Cl)C(C)(C)C)cc1. The fourth-order valence-electron chi connectivity index (χ4n) is 6.32. The van der Waals surface area contributed by atoms with Crippen molar-refractivity contribution in [1.29, 1.82) is 0 Å². The smallest absolute Gasteiger partial charge is 0.246 e. The van der Waals surface area contributed by atoms with Crippen LogP contribution < -0.4 is 26.8 Å². The Morgan fingerprint density at radius 2 is 1.81 bits per heavy atom. The molecule has 4 rings (SSSR count). The molecular weight excluding hydrogens is 716 g/mol. The summed E-state index contributed by atoms with van der Waals surface area (Å²) in [4.78, 5) is 58.6. The van der Waals surface area contributed by atoms with Crippen molar-refractivity contribution in [1.82, 2.24) is 20.5 Å². The lowest BCUT2D eigenvalue weighted by Crippen LogP contribution is -2.57. The van der Waals surface area contributed by atoms with E-state index in [2.05, 4.69) is 15.6 Å². The quantitative estimate of drug-likeness (QED) is 0.121. The number of hydrogen-bond donors (Lipinski definition) is 5. The number of benzene rings is 2. The van der Waals surface area contributed by atoms with Crippen molar-refractivity contribution in [2.45, 2.75) is 110 Å². The highest BCUT2D eigenvalue weighted by Crippen LogP contribution is 2.31. The molecule has 1 aliphatic rings. The molecular formula is C39H53ClN6O6S. The molecule has 7 N–H and O–H groups in total. The maximum atomic E-state index is 14.0. The Morgan fingerprint density at radius 1 is 1.09 bits per heavy atom. The summed E-state index contributed by atoms with van der Waals surface area (Å²) < 4.78 is 5.79. The summed E-state index contributed by atoms with van der Waals surface area (Å²) in [6, 6.07) is 10.9. The second kappa shape index (κ2) is 18.8. The van der Waals surface area contributed by atoms with Crippen molar-refractivity contribution >= 4 is 46.6 Å². The Balaban J connectivity index is 1.30. The minimum atomic E-state index is -0.909. The van der Waals surface area contributed by atoms with Crippen molar-refractivity contribution in [3.63, 3.8) is 0 Å². The minimum Gasteiger partial charge on any atom is -0.490 e.